The Morgan fingerprint density at radius 1 is 1.08 bits per heavy atom. The Hall–Kier alpha value is -2.44. The molecule has 0 saturated heterocycles. The lowest BCUT2D eigenvalue weighted by atomic mass is 10.1. The zero-order valence-corrected chi connectivity index (χ0v) is 13.9. The Balaban J connectivity index is 1.69. The number of unbranched alkanes of at least 4 members (excludes halogenated alkanes) is 7. The Morgan fingerprint density at radius 2 is 1.75 bits per heavy atom. The third-order valence-corrected chi connectivity index (χ3v) is 3.99. The number of nitrogens with one attached hydrogen (secondary N) is 1. The van der Waals surface area contributed by atoms with Gasteiger partial charge < -0.3 is 5.32 Å². The minimum absolute atomic E-state index is 0.0896. The lowest BCUT2D eigenvalue weighted by molar-refractivity contribution is -0.383. The maximum atomic E-state index is 10.9. The zero-order valence-electron chi connectivity index (χ0n) is 13.9. The summed E-state index contributed by atoms with van der Waals surface area (Å²) in [6.07, 6.45) is 11.6. The van der Waals surface area contributed by atoms with Crippen molar-refractivity contribution in [1.82, 2.24) is 10.3 Å². The molecule has 24 heavy (non-hydrogen) atoms. The summed E-state index contributed by atoms with van der Waals surface area (Å²) >= 11 is 0. The minimum Gasteiger partial charge on any atom is -0.383 e. The predicted molar refractivity (Wildman–Crippen MR) is 94.1 cm³/mol. The van der Waals surface area contributed by atoms with Crippen LogP contribution in [0.4, 0.5) is 11.4 Å². The summed E-state index contributed by atoms with van der Waals surface area (Å²) in [6, 6.07) is 3.09. The van der Waals surface area contributed by atoms with E-state index in [9.17, 15) is 10.1 Å². The Labute approximate surface area is 141 Å². The van der Waals surface area contributed by atoms with E-state index in [-0.39, 0.29) is 11.2 Å². The molecule has 0 saturated carbocycles. The number of benzene rings is 1. The highest BCUT2D eigenvalue weighted by Gasteiger charge is 2.19. The number of non-ortho nitro benzene ring substituents is 1. The van der Waals surface area contributed by atoms with E-state index >= 15 is 0 Å². The quantitative estimate of drug-likeness (QED) is 0.258. The second kappa shape index (κ2) is 9.64. The fraction of sp³-hybridized carbons (Fsp3) is 0.529. The molecule has 0 fully saturated rings. The van der Waals surface area contributed by atoms with Crippen LogP contribution in [-0.2, 0) is 0 Å². The Bertz CT molecular complexity index is 669. The summed E-state index contributed by atoms with van der Waals surface area (Å²) in [4.78, 5) is 10.5. The third kappa shape index (κ3) is 5.04. The molecule has 0 unspecified atom stereocenters. The van der Waals surface area contributed by atoms with Gasteiger partial charge in [-0.05, 0) is 35.6 Å². The van der Waals surface area contributed by atoms with Crippen LogP contribution in [0.5, 0.6) is 0 Å². The van der Waals surface area contributed by atoms with E-state index < -0.39 is 4.92 Å². The summed E-state index contributed by atoms with van der Waals surface area (Å²) in [7, 11) is 0. The van der Waals surface area contributed by atoms with Crippen LogP contribution >= 0.6 is 0 Å². The van der Waals surface area contributed by atoms with Crippen LogP contribution in [0, 0.1) is 10.1 Å². The molecule has 1 heterocycles. The maximum Gasteiger partial charge on any atom is 0.300 e. The topological polar surface area (TPSA) is 94.1 Å². The van der Waals surface area contributed by atoms with Crippen LogP contribution in [0.2, 0.25) is 0 Å². The molecule has 0 spiro atoms. The molecule has 0 radical (unpaired) electrons. The number of nitro benzene ring substituents is 1. The van der Waals surface area contributed by atoms with Gasteiger partial charge in [0.15, 0.2) is 5.52 Å². The van der Waals surface area contributed by atoms with Gasteiger partial charge in [-0.1, -0.05) is 38.2 Å². The van der Waals surface area contributed by atoms with Gasteiger partial charge in [-0.25, -0.2) is 4.63 Å². The molecular formula is C17H24N4O3. The van der Waals surface area contributed by atoms with Gasteiger partial charge >= 0.3 is 5.69 Å². The van der Waals surface area contributed by atoms with Gasteiger partial charge in [0.2, 0.25) is 5.52 Å². The molecule has 0 aliphatic carbocycles. The highest BCUT2D eigenvalue weighted by Crippen LogP contribution is 2.28. The van der Waals surface area contributed by atoms with Gasteiger partial charge in [0.05, 0.1) is 10.6 Å². The number of hydrogen-bond acceptors (Lipinski definition) is 6. The van der Waals surface area contributed by atoms with Crippen molar-refractivity contribution in [3.8, 4) is 0 Å². The van der Waals surface area contributed by atoms with Crippen molar-refractivity contribution in [2.75, 3.05) is 11.9 Å². The van der Waals surface area contributed by atoms with Crippen molar-refractivity contribution < 1.29 is 9.55 Å². The second-order valence-corrected chi connectivity index (χ2v) is 5.83. The highest BCUT2D eigenvalue weighted by atomic mass is 16.6. The molecule has 0 atom stereocenters. The number of nitro groups is 1. The number of fused-ring (bicyclic) bond motifs is 1. The molecule has 7 nitrogen and oxygen atoms in total. The summed E-state index contributed by atoms with van der Waals surface area (Å²) < 4.78 is 4.65. The van der Waals surface area contributed by atoms with E-state index in [1.54, 1.807) is 6.07 Å². The molecule has 130 valence electrons. The predicted octanol–water partition coefficient (Wildman–Crippen LogP) is 4.85. The van der Waals surface area contributed by atoms with Gasteiger partial charge in [0, 0.05) is 12.6 Å². The first-order valence-corrected chi connectivity index (χ1v) is 8.48. The van der Waals surface area contributed by atoms with Crippen LogP contribution in [0.25, 0.3) is 11.0 Å². The standard InChI is InChI=1S/C17H24N4O3/c1-2-3-4-5-6-7-8-9-10-13-18-14-11-12-15(21(22)23)17-16(14)19-24-20-17/h2,11-12,18H,1,3-10,13H2. The van der Waals surface area contributed by atoms with E-state index in [2.05, 4.69) is 26.8 Å². The van der Waals surface area contributed by atoms with Crippen LogP contribution in [0.15, 0.2) is 29.4 Å². The van der Waals surface area contributed by atoms with Gasteiger partial charge in [-0.15, -0.1) is 6.58 Å². The first kappa shape index (κ1) is 17.9. The van der Waals surface area contributed by atoms with E-state index in [1.165, 1.54) is 44.6 Å². The van der Waals surface area contributed by atoms with E-state index in [0.29, 0.717) is 5.52 Å². The largest absolute Gasteiger partial charge is 0.383 e. The summed E-state index contributed by atoms with van der Waals surface area (Å²) in [6.45, 7) is 4.53. The van der Waals surface area contributed by atoms with Crippen LogP contribution in [-0.4, -0.2) is 21.8 Å². The molecule has 0 aliphatic heterocycles. The Kier molecular flexibility index (Phi) is 7.20. The smallest absolute Gasteiger partial charge is 0.300 e. The van der Waals surface area contributed by atoms with Crippen molar-refractivity contribution in [2.24, 2.45) is 0 Å². The molecule has 1 N–H and O–H groups in total. The van der Waals surface area contributed by atoms with Crippen molar-refractivity contribution in [1.29, 1.82) is 0 Å². The molecule has 2 rings (SSSR count). The van der Waals surface area contributed by atoms with Crippen LogP contribution in [0.3, 0.4) is 0 Å². The number of hydrogen-bond donors (Lipinski definition) is 1. The molecule has 0 bridgehead atoms. The van der Waals surface area contributed by atoms with Crippen molar-refractivity contribution in [3.63, 3.8) is 0 Å². The molecule has 1 aromatic carbocycles. The second-order valence-electron chi connectivity index (χ2n) is 5.83. The van der Waals surface area contributed by atoms with Gasteiger partial charge in [0.1, 0.15) is 0 Å². The molecule has 1 aromatic heterocycles. The molecule has 7 heteroatoms. The summed E-state index contributed by atoms with van der Waals surface area (Å²) in [5.41, 5.74) is 1.23. The normalized spacial score (nSPS) is 10.8. The summed E-state index contributed by atoms with van der Waals surface area (Å²) in [5.74, 6) is 0. The molecular weight excluding hydrogens is 308 g/mol. The SMILES string of the molecule is C=CCCCCCCCCCNc1ccc([N+](=O)[O-])c2nonc12. The maximum absolute atomic E-state index is 10.9. The van der Waals surface area contributed by atoms with E-state index in [0.717, 1.165) is 25.1 Å². The number of aromatic nitrogens is 2. The minimum atomic E-state index is -0.481. The van der Waals surface area contributed by atoms with Crippen LogP contribution < -0.4 is 5.32 Å². The van der Waals surface area contributed by atoms with E-state index in [4.69, 9.17) is 0 Å². The molecule has 0 aliphatic rings. The fourth-order valence-electron chi connectivity index (χ4n) is 2.66. The molecule has 0 amide bonds. The summed E-state index contributed by atoms with van der Waals surface area (Å²) in [5, 5.41) is 21.6. The molecule has 2 aromatic rings. The average Bonchev–Trinajstić information content (AvgIpc) is 3.06. The number of rotatable bonds is 12. The first-order chi connectivity index (χ1) is 11.7. The number of allylic oxidation sites excluding steroid dienone is 1. The lowest BCUT2D eigenvalue weighted by Gasteiger charge is -2.06. The monoisotopic (exact) mass is 332 g/mol. The van der Waals surface area contributed by atoms with Gasteiger partial charge in [0.25, 0.3) is 0 Å². The van der Waals surface area contributed by atoms with Gasteiger partial charge in [-0.2, -0.15) is 0 Å². The fourth-order valence-corrected chi connectivity index (χ4v) is 2.66. The van der Waals surface area contributed by atoms with Gasteiger partial charge in [-0.3, -0.25) is 10.1 Å². The average molecular weight is 332 g/mol. The zero-order chi connectivity index (χ0) is 17.2. The number of anilines is 1. The first-order valence-electron chi connectivity index (χ1n) is 8.48. The third-order valence-electron chi connectivity index (χ3n) is 3.99. The highest BCUT2D eigenvalue weighted by molar-refractivity contribution is 5.93. The van der Waals surface area contributed by atoms with Crippen molar-refractivity contribution in [3.05, 3.63) is 34.9 Å². The lowest BCUT2D eigenvalue weighted by Crippen LogP contribution is -2.02. The van der Waals surface area contributed by atoms with Crippen molar-refractivity contribution >= 4 is 22.4 Å². The van der Waals surface area contributed by atoms with Crippen molar-refractivity contribution in [2.45, 2.75) is 51.4 Å². The number of nitrogens with zero attached hydrogens (tertiary/aromatic N) is 3. The van der Waals surface area contributed by atoms with Crippen LogP contribution in [0.1, 0.15) is 51.4 Å². The van der Waals surface area contributed by atoms with E-state index in [1.807, 2.05) is 6.08 Å². The Morgan fingerprint density at radius 3 is 2.46 bits per heavy atom.